The van der Waals surface area contributed by atoms with Crippen molar-refractivity contribution in [3.05, 3.63) is 35.1 Å². The molecule has 3 aromatic rings. The van der Waals surface area contributed by atoms with Crippen LogP contribution < -0.4 is 9.64 Å². The Morgan fingerprint density at radius 1 is 1.41 bits per heavy atom. The molecule has 5 nitrogen and oxygen atoms in total. The maximum atomic E-state index is 5.26. The van der Waals surface area contributed by atoms with E-state index in [9.17, 15) is 0 Å². The second kappa shape index (κ2) is 5.55. The van der Waals surface area contributed by atoms with E-state index in [4.69, 9.17) is 9.72 Å². The van der Waals surface area contributed by atoms with Crippen LogP contribution in [0.5, 0.6) is 5.75 Å². The predicted molar refractivity (Wildman–Crippen MR) is 91.8 cm³/mol. The minimum Gasteiger partial charge on any atom is -0.497 e. The second-order valence-electron chi connectivity index (χ2n) is 5.48. The molecule has 0 radical (unpaired) electrons. The van der Waals surface area contributed by atoms with Crippen molar-refractivity contribution in [2.75, 3.05) is 25.1 Å². The summed E-state index contributed by atoms with van der Waals surface area (Å²) in [5.74, 6) is 1.49. The molecular formula is C15H15BrN4OS. The van der Waals surface area contributed by atoms with Crippen LogP contribution in [0.3, 0.4) is 0 Å². The average Bonchev–Trinajstić information content (AvgIpc) is 3.07. The third-order valence-corrected chi connectivity index (χ3v) is 5.36. The smallest absolute Gasteiger partial charge is 0.186 e. The van der Waals surface area contributed by atoms with E-state index in [0.29, 0.717) is 5.92 Å². The lowest BCUT2D eigenvalue weighted by atomic mass is 10.0. The van der Waals surface area contributed by atoms with Gasteiger partial charge in [0, 0.05) is 37.8 Å². The van der Waals surface area contributed by atoms with Gasteiger partial charge in [-0.3, -0.25) is 4.68 Å². The number of hydrogen-bond donors (Lipinski definition) is 0. The van der Waals surface area contributed by atoms with Gasteiger partial charge >= 0.3 is 0 Å². The highest BCUT2D eigenvalue weighted by Gasteiger charge is 2.29. The maximum absolute atomic E-state index is 5.26. The first-order valence-corrected chi connectivity index (χ1v) is 8.70. The molecule has 3 heterocycles. The van der Waals surface area contributed by atoms with Gasteiger partial charge < -0.3 is 9.64 Å². The minimum absolute atomic E-state index is 0.633. The lowest BCUT2D eigenvalue weighted by Gasteiger charge is -2.39. The standard InChI is InChI=1S/C15H15BrN4OS/c1-21-12-2-3-14-13(4-12)18-15(22-14)19-6-10(7-19)8-20-9-11(16)5-17-20/h2-5,9-10H,6-8H2,1H3. The Kier molecular flexibility index (Phi) is 3.54. The molecule has 7 heteroatoms. The number of anilines is 1. The third-order valence-electron chi connectivity index (χ3n) is 3.86. The number of nitrogens with zero attached hydrogens (tertiary/aromatic N) is 4. The Labute approximate surface area is 140 Å². The molecule has 114 valence electrons. The van der Waals surface area contributed by atoms with Crippen molar-refractivity contribution in [1.82, 2.24) is 14.8 Å². The van der Waals surface area contributed by atoms with E-state index in [1.54, 1.807) is 18.4 Å². The first-order valence-electron chi connectivity index (χ1n) is 7.09. The minimum atomic E-state index is 0.633. The molecule has 0 amide bonds. The molecule has 22 heavy (non-hydrogen) atoms. The van der Waals surface area contributed by atoms with E-state index in [0.717, 1.165) is 40.5 Å². The SMILES string of the molecule is COc1ccc2sc(N3CC(Cn4cc(Br)cn4)C3)nc2c1. The Balaban J connectivity index is 1.44. The van der Waals surface area contributed by atoms with Gasteiger partial charge in [0.05, 0.1) is 28.0 Å². The number of fused-ring (bicyclic) bond motifs is 1. The molecule has 0 saturated carbocycles. The van der Waals surface area contributed by atoms with E-state index in [1.165, 1.54) is 4.70 Å². The maximum Gasteiger partial charge on any atom is 0.186 e. The summed E-state index contributed by atoms with van der Waals surface area (Å²) >= 11 is 5.17. The number of halogens is 1. The molecule has 4 rings (SSSR count). The molecule has 0 spiro atoms. The van der Waals surface area contributed by atoms with E-state index in [1.807, 2.05) is 29.2 Å². The Morgan fingerprint density at radius 3 is 3.00 bits per heavy atom. The summed E-state index contributed by atoms with van der Waals surface area (Å²) in [6.07, 6.45) is 3.85. The summed E-state index contributed by atoms with van der Waals surface area (Å²) < 4.78 is 9.49. The summed E-state index contributed by atoms with van der Waals surface area (Å²) in [7, 11) is 1.68. The number of thiazole rings is 1. The lowest BCUT2D eigenvalue weighted by Crippen LogP contribution is -2.48. The Morgan fingerprint density at radius 2 is 2.27 bits per heavy atom. The van der Waals surface area contributed by atoms with Gasteiger partial charge in [-0.1, -0.05) is 11.3 Å². The molecule has 1 aromatic carbocycles. The van der Waals surface area contributed by atoms with Crippen molar-refractivity contribution < 1.29 is 4.74 Å². The molecule has 1 saturated heterocycles. The Hall–Kier alpha value is -1.60. The van der Waals surface area contributed by atoms with Gasteiger partial charge in [-0.25, -0.2) is 4.98 Å². The van der Waals surface area contributed by atoms with Gasteiger partial charge in [-0.05, 0) is 28.1 Å². The zero-order chi connectivity index (χ0) is 15.1. The van der Waals surface area contributed by atoms with Crippen molar-refractivity contribution in [1.29, 1.82) is 0 Å². The van der Waals surface area contributed by atoms with Gasteiger partial charge in [-0.2, -0.15) is 5.10 Å². The first kappa shape index (κ1) is 14.0. The number of benzene rings is 1. The van der Waals surface area contributed by atoms with E-state index in [2.05, 4.69) is 32.0 Å². The average molecular weight is 379 g/mol. The van der Waals surface area contributed by atoms with Crippen molar-refractivity contribution in [3.8, 4) is 5.75 Å². The van der Waals surface area contributed by atoms with Crippen molar-refractivity contribution >= 4 is 42.6 Å². The molecule has 0 bridgehead atoms. The highest BCUT2D eigenvalue weighted by molar-refractivity contribution is 9.10. The van der Waals surface area contributed by atoms with Crippen LogP contribution in [0.15, 0.2) is 35.1 Å². The molecule has 1 aliphatic rings. The van der Waals surface area contributed by atoms with Gasteiger partial charge in [0.2, 0.25) is 0 Å². The number of aromatic nitrogens is 3. The lowest BCUT2D eigenvalue weighted by molar-refractivity contribution is 0.342. The van der Waals surface area contributed by atoms with Crippen LogP contribution in [0.25, 0.3) is 10.2 Å². The fourth-order valence-electron chi connectivity index (χ4n) is 2.70. The zero-order valence-corrected chi connectivity index (χ0v) is 14.5. The van der Waals surface area contributed by atoms with Gasteiger partial charge in [0.15, 0.2) is 5.13 Å². The van der Waals surface area contributed by atoms with Gasteiger partial charge in [0.1, 0.15) is 5.75 Å². The van der Waals surface area contributed by atoms with Crippen LogP contribution in [0.2, 0.25) is 0 Å². The number of ether oxygens (including phenoxy) is 1. The first-order chi connectivity index (χ1) is 10.7. The highest BCUT2D eigenvalue weighted by atomic mass is 79.9. The van der Waals surface area contributed by atoms with Crippen molar-refractivity contribution in [2.24, 2.45) is 5.92 Å². The van der Waals surface area contributed by atoms with Crippen LogP contribution in [0, 0.1) is 5.92 Å². The number of rotatable bonds is 4. The number of hydrogen-bond acceptors (Lipinski definition) is 5. The predicted octanol–water partition coefficient (Wildman–Crippen LogP) is 3.40. The normalized spacial score (nSPS) is 15.3. The summed E-state index contributed by atoms with van der Waals surface area (Å²) in [5, 5.41) is 5.41. The molecular weight excluding hydrogens is 364 g/mol. The largest absolute Gasteiger partial charge is 0.497 e. The number of methoxy groups -OCH3 is 1. The van der Waals surface area contributed by atoms with Gasteiger partial charge in [0.25, 0.3) is 0 Å². The second-order valence-corrected chi connectivity index (χ2v) is 7.41. The summed E-state index contributed by atoms with van der Waals surface area (Å²) in [4.78, 5) is 7.06. The molecule has 0 atom stereocenters. The molecule has 0 N–H and O–H groups in total. The molecule has 2 aromatic heterocycles. The van der Waals surface area contributed by atoms with E-state index in [-0.39, 0.29) is 0 Å². The molecule has 1 aliphatic heterocycles. The summed E-state index contributed by atoms with van der Waals surface area (Å²) in [6, 6.07) is 6.06. The van der Waals surface area contributed by atoms with Crippen molar-refractivity contribution in [2.45, 2.75) is 6.54 Å². The topological polar surface area (TPSA) is 43.2 Å². The van der Waals surface area contributed by atoms with Crippen LogP contribution in [-0.4, -0.2) is 35.0 Å². The molecule has 0 unspecified atom stereocenters. The summed E-state index contributed by atoms with van der Waals surface area (Å²) in [6.45, 7) is 3.03. The van der Waals surface area contributed by atoms with Crippen LogP contribution in [0.1, 0.15) is 0 Å². The fraction of sp³-hybridized carbons (Fsp3) is 0.333. The van der Waals surface area contributed by atoms with Crippen molar-refractivity contribution in [3.63, 3.8) is 0 Å². The zero-order valence-electron chi connectivity index (χ0n) is 12.1. The van der Waals surface area contributed by atoms with E-state index >= 15 is 0 Å². The summed E-state index contributed by atoms with van der Waals surface area (Å²) in [5.41, 5.74) is 1.01. The van der Waals surface area contributed by atoms with Gasteiger partial charge in [-0.15, -0.1) is 0 Å². The van der Waals surface area contributed by atoms with Crippen LogP contribution in [-0.2, 0) is 6.54 Å². The van der Waals surface area contributed by atoms with Crippen LogP contribution >= 0.6 is 27.3 Å². The van der Waals surface area contributed by atoms with E-state index < -0.39 is 0 Å². The highest BCUT2D eigenvalue weighted by Crippen LogP contribution is 2.34. The van der Waals surface area contributed by atoms with Crippen LogP contribution in [0.4, 0.5) is 5.13 Å². The Bertz CT molecular complexity index is 809. The molecule has 0 aliphatic carbocycles. The quantitative estimate of drug-likeness (QED) is 0.697. The molecule has 1 fully saturated rings. The fourth-order valence-corrected chi connectivity index (χ4v) is 3.99. The monoisotopic (exact) mass is 378 g/mol. The third kappa shape index (κ3) is 2.59.